The molecule has 0 bridgehead atoms. The molecule has 1 saturated carbocycles. The molecule has 0 aromatic carbocycles. The van der Waals surface area contributed by atoms with Crippen LogP contribution in [0.3, 0.4) is 0 Å². The SMILES string of the molecule is CC(C)CCN(C)C(=O)C1CCC(CC(=O)O)CC1. The zero-order valence-corrected chi connectivity index (χ0v) is 12.4. The first-order chi connectivity index (χ1) is 8.90. The maximum Gasteiger partial charge on any atom is 0.303 e. The van der Waals surface area contributed by atoms with Crippen LogP contribution in [0.4, 0.5) is 0 Å². The van der Waals surface area contributed by atoms with E-state index in [0.717, 1.165) is 38.6 Å². The standard InChI is InChI=1S/C15H27NO3/c1-11(2)8-9-16(3)15(19)13-6-4-12(5-7-13)10-14(17)18/h11-13H,4-10H2,1-3H3,(H,17,18). The minimum Gasteiger partial charge on any atom is -0.481 e. The molecule has 1 N–H and O–H groups in total. The van der Waals surface area contributed by atoms with Crippen molar-refractivity contribution in [1.82, 2.24) is 4.90 Å². The molecule has 4 heteroatoms. The minimum atomic E-state index is -0.719. The Labute approximate surface area is 116 Å². The van der Waals surface area contributed by atoms with Crippen LogP contribution in [-0.4, -0.2) is 35.5 Å². The molecule has 0 atom stereocenters. The molecular weight excluding hydrogens is 242 g/mol. The maximum atomic E-state index is 12.2. The molecule has 4 nitrogen and oxygen atoms in total. The van der Waals surface area contributed by atoms with Crippen molar-refractivity contribution < 1.29 is 14.7 Å². The molecule has 1 rings (SSSR count). The van der Waals surface area contributed by atoms with Gasteiger partial charge in [0.2, 0.25) is 5.91 Å². The van der Waals surface area contributed by atoms with Crippen molar-refractivity contribution >= 4 is 11.9 Å². The highest BCUT2D eigenvalue weighted by Crippen LogP contribution is 2.31. The lowest BCUT2D eigenvalue weighted by molar-refractivity contribution is -0.138. The van der Waals surface area contributed by atoms with Crippen molar-refractivity contribution in [2.24, 2.45) is 17.8 Å². The van der Waals surface area contributed by atoms with Crippen LogP contribution < -0.4 is 0 Å². The van der Waals surface area contributed by atoms with E-state index >= 15 is 0 Å². The van der Waals surface area contributed by atoms with Gasteiger partial charge < -0.3 is 10.0 Å². The van der Waals surface area contributed by atoms with E-state index in [0.29, 0.717) is 5.92 Å². The van der Waals surface area contributed by atoms with Crippen LogP contribution in [-0.2, 0) is 9.59 Å². The Morgan fingerprint density at radius 1 is 1.21 bits per heavy atom. The lowest BCUT2D eigenvalue weighted by Crippen LogP contribution is -2.36. The van der Waals surface area contributed by atoms with Crippen LogP contribution in [0.25, 0.3) is 0 Å². The van der Waals surface area contributed by atoms with Crippen LogP contribution in [0.2, 0.25) is 0 Å². The molecule has 1 aliphatic rings. The number of hydrogen-bond donors (Lipinski definition) is 1. The molecular formula is C15H27NO3. The average Bonchev–Trinajstić information content (AvgIpc) is 2.35. The van der Waals surface area contributed by atoms with Crippen molar-refractivity contribution in [3.63, 3.8) is 0 Å². The molecule has 19 heavy (non-hydrogen) atoms. The number of carboxylic acids is 1. The van der Waals surface area contributed by atoms with Gasteiger partial charge in [0.15, 0.2) is 0 Å². The summed E-state index contributed by atoms with van der Waals surface area (Å²) < 4.78 is 0. The van der Waals surface area contributed by atoms with E-state index in [9.17, 15) is 9.59 Å². The Morgan fingerprint density at radius 2 is 1.79 bits per heavy atom. The molecule has 0 radical (unpaired) electrons. The Hall–Kier alpha value is -1.06. The van der Waals surface area contributed by atoms with E-state index in [1.807, 2.05) is 11.9 Å². The summed E-state index contributed by atoms with van der Waals surface area (Å²) in [5, 5.41) is 8.78. The van der Waals surface area contributed by atoms with Gasteiger partial charge in [-0.05, 0) is 43.9 Å². The third kappa shape index (κ3) is 5.62. The third-order valence-corrected chi connectivity index (χ3v) is 4.08. The van der Waals surface area contributed by atoms with Gasteiger partial charge in [0, 0.05) is 25.9 Å². The summed E-state index contributed by atoms with van der Waals surface area (Å²) in [6.07, 6.45) is 4.74. The number of nitrogens with zero attached hydrogens (tertiary/aromatic N) is 1. The van der Waals surface area contributed by atoms with E-state index in [1.54, 1.807) is 0 Å². The smallest absolute Gasteiger partial charge is 0.303 e. The summed E-state index contributed by atoms with van der Waals surface area (Å²) in [5.74, 6) is 0.518. The van der Waals surface area contributed by atoms with Gasteiger partial charge in [-0.2, -0.15) is 0 Å². The van der Waals surface area contributed by atoms with Crippen LogP contribution in [0, 0.1) is 17.8 Å². The normalized spacial score (nSPS) is 23.4. The lowest BCUT2D eigenvalue weighted by atomic mass is 9.80. The van der Waals surface area contributed by atoms with Crippen LogP contribution in [0.15, 0.2) is 0 Å². The largest absolute Gasteiger partial charge is 0.481 e. The molecule has 0 spiro atoms. The molecule has 0 saturated heterocycles. The first kappa shape index (κ1) is 16.0. The third-order valence-electron chi connectivity index (χ3n) is 4.08. The summed E-state index contributed by atoms with van der Waals surface area (Å²) in [5.41, 5.74) is 0. The molecule has 1 aliphatic carbocycles. The number of carboxylic acid groups (broad SMARTS) is 1. The van der Waals surface area contributed by atoms with Gasteiger partial charge in [-0.3, -0.25) is 9.59 Å². The number of aliphatic carboxylic acids is 1. The Bertz CT molecular complexity index is 307. The summed E-state index contributed by atoms with van der Waals surface area (Å²) >= 11 is 0. The molecule has 0 aromatic heterocycles. The Morgan fingerprint density at radius 3 is 2.26 bits per heavy atom. The fourth-order valence-corrected chi connectivity index (χ4v) is 2.73. The predicted molar refractivity (Wildman–Crippen MR) is 74.8 cm³/mol. The maximum absolute atomic E-state index is 12.2. The van der Waals surface area contributed by atoms with Crippen molar-refractivity contribution in [1.29, 1.82) is 0 Å². The average molecular weight is 269 g/mol. The van der Waals surface area contributed by atoms with Gasteiger partial charge in [0.25, 0.3) is 0 Å². The Kier molecular flexibility index (Phi) is 6.32. The molecule has 1 fully saturated rings. The number of carbonyl (C=O) groups excluding carboxylic acids is 1. The van der Waals surface area contributed by atoms with Crippen LogP contribution in [0.5, 0.6) is 0 Å². The van der Waals surface area contributed by atoms with E-state index in [-0.39, 0.29) is 24.2 Å². The quantitative estimate of drug-likeness (QED) is 0.806. The second-order valence-corrected chi connectivity index (χ2v) is 6.26. The van der Waals surface area contributed by atoms with Gasteiger partial charge in [-0.15, -0.1) is 0 Å². The second-order valence-electron chi connectivity index (χ2n) is 6.26. The van der Waals surface area contributed by atoms with E-state index < -0.39 is 5.97 Å². The molecule has 0 aliphatic heterocycles. The minimum absolute atomic E-state index is 0.113. The van der Waals surface area contributed by atoms with Crippen molar-refractivity contribution in [2.75, 3.05) is 13.6 Å². The lowest BCUT2D eigenvalue weighted by Gasteiger charge is -2.30. The Balaban J connectivity index is 2.33. The van der Waals surface area contributed by atoms with E-state index in [1.165, 1.54) is 0 Å². The zero-order chi connectivity index (χ0) is 14.4. The van der Waals surface area contributed by atoms with Crippen molar-refractivity contribution in [3.05, 3.63) is 0 Å². The fraction of sp³-hybridized carbons (Fsp3) is 0.867. The highest BCUT2D eigenvalue weighted by Gasteiger charge is 2.28. The summed E-state index contributed by atoms with van der Waals surface area (Å²) in [6, 6.07) is 0. The van der Waals surface area contributed by atoms with Gasteiger partial charge in [0.05, 0.1) is 0 Å². The summed E-state index contributed by atoms with van der Waals surface area (Å²) in [4.78, 5) is 24.8. The number of hydrogen-bond acceptors (Lipinski definition) is 2. The monoisotopic (exact) mass is 269 g/mol. The number of rotatable bonds is 6. The second kappa shape index (κ2) is 7.51. The predicted octanol–water partition coefficient (Wildman–Crippen LogP) is 2.77. The van der Waals surface area contributed by atoms with Crippen molar-refractivity contribution in [3.8, 4) is 0 Å². The molecule has 1 amide bonds. The van der Waals surface area contributed by atoms with Gasteiger partial charge in [-0.1, -0.05) is 13.8 Å². The van der Waals surface area contributed by atoms with Crippen LogP contribution >= 0.6 is 0 Å². The summed E-state index contributed by atoms with van der Waals surface area (Å²) in [6.45, 7) is 5.15. The van der Waals surface area contributed by atoms with Crippen LogP contribution in [0.1, 0.15) is 52.4 Å². The number of carbonyl (C=O) groups is 2. The molecule has 110 valence electrons. The van der Waals surface area contributed by atoms with E-state index in [2.05, 4.69) is 13.8 Å². The van der Waals surface area contributed by atoms with Gasteiger partial charge >= 0.3 is 5.97 Å². The first-order valence-electron chi connectivity index (χ1n) is 7.37. The first-order valence-corrected chi connectivity index (χ1v) is 7.37. The van der Waals surface area contributed by atoms with Gasteiger partial charge in [0.1, 0.15) is 0 Å². The van der Waals surface area contributed by atoms with Crippen molar-refractivity contribution in [2.45, 2.75) is 52.4 Å². The van der Waals surface area contributed by atoms with E-state index in [4.69, 9.17) is 5.11 Å². The van der Waals surface area contributed by atoms with Gasteiger partial charge in [-0.25, -0.2) is 0 Å². The zero-order valence-electron chi connectivity index (χ0n) is 12.4. The number of amides is 1. The fourth-order valence-electron chi connectivity index (χ4n) is 2.73. The molecule has 0 aromatic rings. The summed E-state index contributed by atoms with van der Waals surface area (Å²) in [7, 11) is 1.88. The molecule has 0 unspecified atom stereocenters. The molecule has 0 heterocycles. The topological polar surface area (TPSA) is 57.6 Å². The highest BCUT2D eigenvalue weighted by molar-refractivity contribution is 5.78. The highest BCUT2D eigenvalue weighted by atomic mass is 16.4.